The molecule has 1 amide bonds. The molecule has 1 rings (SSSR count). The monoisotopic (exact) mass is 264 g/mol. The SMILES string of the molecule is CCNC(=O)c1ccc(N)c(NCCCN(C)C)c1. The van der Waals surface area contributed by atoms with Crippen LogP contribution in [-0.4, -0.2) is 44.5 Å². The number of amides is 1. The predicted octanol–water partition coefficient (Wildman–Crippen LogP) is 1.38. The van der Waals surface area contributed by atoms with Crippen molar-refractivity contribution in [1.82, 2.24) is 10.2 Å². The summed E-state index contributed by atoms with van der Waals surface area (Å²) in [5.41, 5.74) is 8.02. The third kappa shape index (κ3) is 5.18. The fourth-order valence-electron chi connectivity index (χ4n) is 1.73. The molecule has 0 aromatic heterocycles. The van der Waals surface area contributed by atoms with Gasteiger partial charge in [-0.15, -0.1) is 0 Å². The van der Waals surface area contributed by atoms with Crippen molar-refractivity contribution in [2.45, 2.75) is 13.3 Å². The number of nitrogens with two attached hydrogens (primary N) is 1. The van der Waals surface area contributed by atoms with Crippen LogP contribution in [0, 0.1) is 0 Å². The molecule has 19 heavy (non-hydrogen) atoms. The average molecular weight is 264 g/mol. The number of nitrogens with zero attached hydrogens (tertiary/aromatic N) is 1. The van der Waals surface area contributed by atoms with Gasteiger partial charge in [-0.2, -0.15) is 0 Å². The number of anilines is 2. The number of nitrogen functional groups attached to an aromatic ring is 1. The molecule has 4 N–H and O–H groups in total. The Labute approximate surface area is 115 Å². The Hall–Kier alpha value is -1.75. The topological polar surface area (TPSA) is 70.4 Å². The third-order valence-electron chi connectivity index (χ3n) is 2.75. The van der Waals surface area contributed by atoms with Crippen LogP contribution in [0.4, 0.5) is 11.4 Å². The molecule has 0 radical (unpaired) electrons. The molecular weight excluding hydrogens is 240 g/mol. The molecule has 0 aliphatic rings. The van der Waals surface area contributed by atoms with Crippen molar-refractivity contribution in [3.8, 4) is 0 Å². The largest absolute Gasteiger partial charge is 0.397 e. The van der Waals surface area contributed by atoms with Crippen molar-refractivity contribution >= 4 is 17.3 Å². The van der Waals surface area contributed by atoms with Crippen LogP contribution in [0.5, 0.6) is 0 Å². The van der Waals surface area contributed by atoms with E-state index in [0.717, 1.165) is 25.2 Å². The molecule has 5 nitrogen and oxygen atoms in total. The molecule has 0 unspecified atom stereocenters. The first-order valence-electron chi connectivity index (χ1n) is 6.61. The number of carbonyl (C=O) groups is 1. The lowest BCUT2D eigenvalue weighted by molar-refractivity contribution is 0.0956. The van der Waals surface area contributed by atoms with E-state index in [2.05, 4.69) is 15.5 Å². The highest BCUT2D eigenvalue weighted by atomic mass is 16.1. The molecule has 106 valence electrons. The maximum absolute atomic E-state index is 11.7. The Bertz CT molecular complexity index is 418. The van der Waals surface area contributed by atoms with E-state index in [1.807, 2.05) is 21.0 Å². The van der Waals surface area contributed by atoms with Crippen molar-refractivity contribution in [3.05, 3.63) is 23.8 Å². The summed E-state index contributed by atoms with van der Waals surface area (Å²) >= 11 is 0. The first-order valence-corrected chi connectivity index (χ1v) is 6.61. The molecule has 1 aromatic rings. The molecule has 0 aliphatic carbocycles. The number of hydrogen-bond acceptors (Lipinski definition) is 4. The summed E-state index contributed by atoms with van der Waals surface area (Å²) in [5, 5.41) is 6.05. The first-order chi connectivity index (χ1) is 9.04. The van der Waals surface area contributed by atoms with Crippen molar-refractivity contribution in [2.75, 3.05) is 44.8 Å². The van der Waals surface area contributed by atoms with E-state index >= 15 is 0 Å². The summed E-state index contributed by atoms with van der Waals surface area (Å²) in [6, 6.07) is 5.31. The van der Waals surface area contributed by atoms with E-state index < -0.39 is 0 Å². The summed E-state index contributed by atoms with van der Waals surface area (Å²) in [4.78, 5) is 13.9. The fourth-order valence-corrected chi connectivity index (χ4v) is 1.73. The molecule has 0 atom stereocenters. The molecule has 0 spiro atoms. The summed E-state index contributed by atoms with van der Waals surface area (Å²) in [6.45, 7) is 4.37. The Morgan fingerprint density at radius 1 is 1.37 bits per heavy atom. The maximum Gasteiger partial charge on any atom is 0.251 e. The predicted molar refractivity (Wildman–Crippen MR) is 80.5 cm³/mol. The second kappa shape index (κ2) is 7.63. The van der Waals surface area contributed by atoms with Crippen molar-refractivity contribution < 1.29 is 4.79 Å². The lowest BCUT2D eigenvalue weighted by Crippen LogP contribution is -2.23. The van der Waals surface area contributed by atoms with Crippen molar-refractivity contribution in [3.63, 3.8) is 0 Å². The Morgan fingerprint density at radius 2 is 2.11 bits per heavy atom. The van der Waals surface area contributed by atoms with Gasteiger partial charge in [0.15, 0.2) is 0 Å². The quantitative estimate of drug-likeness (QED) is 0.514. The summed E-state index contributed by atoms with van der Waals surface area (Å²) in [7, 11) is 4.09. The van der Waals surface area contributed by atoms with E-state index in [1.54, 1.807) is 18.2 Å². The smallest absolute Gasteiger partial charge is 0.251 e. The van der Waals surface area contributed by atoms with E-state index in [-0.39, 0.29) is 5.91 Å². The normalized spacial score (nSPS) is 10.5. The van der Waals surface area contributed by atoms with Gasteiger partial charge in [0.2, 0.25) is 0 Å². The zero-order valence-electron chi connectivity index (χ0n) is 12.0. The van der Waals surface area contributed by atoms with Crippen LogP contribution < -0.4 is 16.4 Å². The second-order valence-corrected chi connectivity index (χ2v) is 4.75. The molecule has 0 fully saturated rings. The van der Waals surface area contributed by atoms with Crippen LogP contribution in [-0.2, 0) is 0 Å². The number of benzene rings is 1. The zero-order chi connectivity index (χ0) is 14.3. The molecule has 0 aliphatic heterocycles. The minimum atomic E-state index is -0.0705. The van der Waals surface area contributed by atoms with Gasteiger partial charge in [0.1, 0.15) is 0 Å². The average Bonchev–Trinajstić information content (AvgIpc) is 2.36. The molecule has 0 heterocycles. The first kappa shape index (κ1) is 15.3. The molecule has 5 heteroatoms. The number of rotatable bonds is 7. The highest BCUT2D eigenvalue weighted by molar-refractivity contribution is 5.96. The number of carbonyl (C=O) groups excluding carboxylic acids is 1. The van der Waals surface area contributed by atoms with E-state index in [9.17, 15) is 4.79 Å². The molecule has 0 saturated heterocycles. The lowest BCUT2D eigenvalue weighted by Gasteiger charge is -2.13. The summed E-state index contributed by atoms with van der Waals surface area (Å²) in [6.07, 6.45) is 1.03. The van der Waals surface area contributed by atoms with Gasteiger partial charge in [-0.25, -0.2) is 0 Å². The van der Waals surface area contributed by atoms with Gasteiger partial charge < -0.3 is 21.3 Å². The van der Waals surface area contributed by atoms with Crippen LogP contribution in [0.1, 0.15) is 23.7 Å². The molecule has 1 aromatic carbocycles. The standard InChI is InChI=1S/C14H24N4O/c1-4-16-14(19)11-6-7-12(15)13(10-11)17-8-5-9-18(2)3/h6-7,10,17H,4-5,8-9,15H2,1-3H3,(H,16,19). The Morgan fingerprint density at radius 3 is 2.74 bits per heavy atom. The van der Waals surface area contributed by atoms with Crippen LogP contribution >= 0.6 is 0 Å². The fraction of sp³-hybridized carbons (Fsp3) is 0.500. The molecule has 0 bridgehead atoms. The van der Waals surface area contributed by atoms with E-state index in [1.165, 1.54) is 0 Å². The van der Waals surface area contributed by atoms with E-state index in [4.69, 9.17) is 5.73 Å². The van der Waals surface area contributed by atoms with Gasteiger partial charge in [-0.05, 0) is 52.2 Å². The van der Waals surface area contributed by atoms with Gasteiger partial charge in [0.05, 0.1) is 11.4 Å². The minimum Gasteiger partial charge on any atom is -0.397 e. The summed E-state index contributed by atoms with van der Waals surface area (Å²) < 4.78 is 0. The van der Waals surface area contributed by atoms with Crippen LogP contribution in [0.3, 0.4) is 0 Å². The summed E-state index contributed by atoms with van der Waals surface area (Å²) in [5.74, 6) is -0.0705. The van der Waals surface area contributed by atoms with Crippen LogP contribution in [0.25, 0.3) is 0 Å². The van der Waals surface area contributed by atoms with Gasteiger partial charge in [-0.3, -0.25) is 4.79 Å². The third-order valence-corrected chi connectivity index (χ3v) is 2.75. The zero-order valence-corrected chi connectivity index (χ0v) is 12.0. The lowest BCUT2D eigenvalue weighted by atomic mass is 10.1. The highest BCUT2D eigenvalue weighted by Crippen LogP contribution is 2.20. The van der Waals surface area contributed by atoms with Gasteiger partial charge in [0, 0.05) is 18.7 Å². The minimum absolute atomic E-state index is 0.0705. The second-order valence-electron chi connectivity index (χ2n) is 4.75. The van der Waals surface area contributed by atoms with Crippen molar-refractivity contribution in [2.24, 2.45) is 0 Å². The Kier molecular flexibility index (Phi) is 6.15. The van der Waals surface area contributed by atoms with E-state index in [0.29, 0.717) is 17.8 Å². The molecular formula is C14H24N4O. The Balaban J connectivity index is 2.61. The molecule has 0 saturated carbocycles. The van der Waals surface area contributed by atoms with Gasteiger partial charge in [0.25, 0.3) is 5.91 Å². The van der Waals surface area contributed by atoms with Crippen LogP contribution in [0.2, 0.25) is 0 Å². The van der Waals surface area contributed by atoms with Gasteiger partial charge in [-0.1, -0.05) is 0 Å². The number of hydrogen-bond donors (Lipinski definition) is 3. The van der Waals surface area contributed by atoms with Crippen molar-refractivity contribution in [1.29, 1.82) is 0 Å². The van der Waals surface area contributed by atoms with Crippen LogP contribution in [0.15, 0.2) is 18.2 Å². The highest BCUT2D eigenvalue weighted by Gasteiger charge is 2.07. The maximum atomic E-state index is 11.7. The van der Waals surface area contributed by atoms with Gasteiger partial charge >= 0.3 is 0 Å². The number of nitrogens with one attached hydrogen (secondary N) is 2.